The summed E-state index contributed by atoms with van der Waals surface area (Å²) in [6.45, 7) is 4.85. The molecule has 1 heterocycles. The normalized spacial score (nSPS) is 13.4. The Hall–Kier alpha value is -3.57. The van der Waals surface area contributed by atoms with Crippen LogP contribution in [0.3, 0.4) is 0 Å². The van der Waals surface area contributed by atoms with Gasteiger partial charge in [0.25, 0.3) is 0 Å². The lowest BCUT2D eigenvalue weighted by Crippen LogP contribution is -2.43. The number of ether oxygens (including phenoxy) is 1. The maximum Gasteiger partial charge on any atom is 0.243 e. The first-order chi connectivity index (χ1) is 16.8. The van der Waals surface area contributed by atoms with Crippen LogP contribution in [0.2, 0.25) is 0 Å². The Bertz CT molecular complexity index is 1030. The van der Waals surface area contributed by atoms with Crippen LogP contribution in [0.15, 0.2) is 42.5 Å². The van der Waals surface area contributed by atoms with Crippen molar-refractivity contribution in [3.63, 3.8) is 0 Å². The Morgan fingerprint density at radius 3 is 2.17 bits per heavy atom. The minimum atomic E-state index is -1.09. The van der Waals surface area contributed by atoms with Crippen LogP contribution in [-0.4, -0.2) is 75.1 Å². The summed E-state index contributed by atoms with van der Waals surface area (Å²) in [4.78, 5) is 40.4. The van der Waals surface area contributed by atoms with E-state index >= 15 is 0 Å². The number of carbonyl (C=O) groups excluding carboxylic acids is 3. The highest BCUT2D eigenvalue weighted by Crippen LogP contribution is 2.19. The highest BCUT2D eigenvalue weighted by atomic mass is 19.2. The lowest BCUT2D eigenvalue weighted by atomic mass is 10.2. The summed E-state index contributed by atoms with van der Waals surface area (Å²) < 4.78 is 31.5. The molecule has 1 saturated heterocycles. The van der Waals surface area contributed by atoms with E-state index in [0.717, 1.165) is 30.9 Å². The molecule has 9 nitrogen and oxygen atoms in total. The highest BCUT2D eigenvalue weighted by Gasteiger charge is 2.15. The van der Waals surface area contributed by atoms with Crippen molar-refractivity contribution in [2.24, 2.45) is 0 Å². The lowest BCUT2D eigenvalue weighted by Gasteiger charge is -2.29. The smallest absolute Gasteiger partial charge is 0.243 e. The molecule has 0 atom stereocenters. The quantitative estimate of drug-likeness (QED) is 0.471. The van der Waals surface area contributed by atoms with Crippen LogP contribution in [-0.2, 0) is 19.1 Å². The van der Waals surface area contributed by atoms with Gasteiger partial charge in [-0.25, -0.2) is 8.78 Å². The minimum absolute atomic E-state index is 0.00378. The number of halogens is 2. The molecule has 2 aromatic rings. The maximum atomic E-state index is 13.2. The highest BCUT2D eigenvalue weighted by molar-refractivity contribution is 5.95. The molecule has 35 heavy (non-hydrogen) atoms. The van der Waals surface area contributed by atoms with Gasteiger partial charge in [-0.15, -0.1) is 0 Å². The number of morpholine rings is 1. The molecular weight excluding hydrogens is 460 g/mol. The standard InChI is InChI=1S/C24H29F2N5O4/c1-2-30(15-23(33)27-14-22(32)29-18-5-8-20(25)21(26)13-18)16-24(34)28-17-3-6-19(7-4-17)31-9-11-35-12-10-31/h3-8,13H,2,9-12,14-16H2,1H3,(H,27,33)(H,28,34)(H,29,32). The van der Waals surface area contributed by atoms with E-state index in [4.69, 9.17) is 4.74 Å². The molecule has 0 radical (unpaired) electrons. The molecule has 3 N–H and O–H groups in total. The van der Waals surface area contributed by atoms with Crippen molar-refractivity contribution in [2.75, 3.05) is 68.0 Å². The van der Waals surface area contributed by atoms with Gasteiger partial charge in [-0.1, -0.05) is 6.92 Å². The van der Waals surface area contributed by atoms with Crippen LogP contribution in [0.4, 0.5) is 25.8 Å². The van der Waals surface area contributed by atoms with E-state index in [1.54, 1.807) is 4.90 Å². The Balaban J connectivity index is 1.40. The molecule has 1 fully saturated rings. The van der Waals surface area contributed by atoms with Crippen LogP contribution in [0.1, 0.15) is 6.92 Å². The number of amides is 3. The van der Waals surface area contributed by atoms with Gasteiger partial charge in [0.15, 0.2) is 11.6 Å². The first-order valence-electron chi connectivity index (χ1n) is 11.3. The van der Waals surface area contributed by atoms with Crippen molar-refractivity contribution in [1.29, 1.82) is 0 Å². The topological polar surface area (TPSA) is 103 Å². The second-order valence-corrected chi connectivity index (χ2v) is 7.95. The zero-order valence-corrected chi connectivity index (χ0v) is 19.5. The second kappa shape index (κ2) is 12.8. The summed E-state index contributed by atoms with van der Waals surface area (Å²) in [6, 6.07) is 10.5. The molecule has 1 aliphatic heterocycles. The number of rotatable bonds is 10. The Kier molecular flexibility index (Phi) is 9.50. The predicted molar refractivity (Wildman–Crippen MR) is 128 cm³/mol. The van der Waals surface area contributed by atoms with E-state index in [0.29, 0.717) is 25.4 Å². The molecule has 0 aromatic heterocycles. The van der Waals surface area contributed by atoms with Crippen LogP contribution in [0.25, 0.3) is 0 Å². The molecule has 3 amide bonds. The zero-order chi connectivity index (χ0) is 25.2. The number of benzene rings is 2. The Labute approximate surface area is 202 Å². The SMILES string of the molecule is CCN(CC(=O)NCC(=O)Nc1ccc(F)c(F)c1)CC(=O)Nc1ccc(N2CCOCC2)cc1. The van der Waals surface area contributed by atoms with Gasteiger partial charge >= 0.3 is 0 Å². The lowest BCUT2D eigenvalue weighted by molar-refractivity contribution is -0.125. The number of nitrogens with one attached hydrogen (secondary N) is 3. The molecule has 188 valence electrons. The summed E-state index contributed by atoms with van der Waals surface area (Å²) in [5.74, 6) is -3.42. The third-order valence-corrected chi connectivity index (χ3v) is 5.36. The minimum Gasteiger partial charge on any atom is -0.378 e. The molecule has 0 saturated carbocycles. The average molecular weight is 490 g/mol. The molecule has 0 bridgehead atoms. The van der Waals surface area contributed by atoms with Crippen molar-refractivity contribution in [3.05, 3.63) is 54.1 Å². The first kappa shape index (κ1) is 26.0. The summed E-state index contributed by atoms with van der Waals surface area (Å²) in [7, 11) is 0. The fraction of sp³-hybridized carbons (Fsp3) is 0.375. The van der Waals surface area contributed by atoms with Gasteiger partial charge in [-0.2, -0.15) is 0 Å². The molecule has 1 aliphatic rings. The van der Waals surface area contributed by atoms with E-state index in [9.17, 15) is 23.2 Å². The zero-order valence-electron chi connectivity index (χ0n) is 19.5. The summed E-state index contributed by atoms with van der Waals surface area (Å²) in [5, 5.41) is 7.64. The second-order valence-electron chi connectivity index (χ2n) is 7.95. The number of likely N-dealkylation sites (N-methyl/N-ethyl adjacent to an activating group) is 1. The van der Waals surface area contributed by atoms with Gasteiger partial charge in [0.2, 0.25) is 17.7 Å². The number of hydrogen-bond acceptors (Lipinski definition) is 6. The van der Waals surface area contributed by atoms with Gasteiger partial charge in [-0.05, 0) is 42.9 Å². The molecular formula is C24H29F2N5O4. The van der Waals surface area contributed by atoms with E-state index in [1.807, 2.05) is 31.2 Å². The van der Waals surface area contributed by atoms with E-state index in [-0.39, 0.29) is 31.2 Å². The van der Waals surface area contributed by atoms with Crippen molar-refractivity contribution >= 4 is 34.8 Å². The summed E-state index contributed by atoms with van der Waals surface area (Å²) in [5.41, 5.74) is 1.79. The van der Waals surface area contributed by atoms with E-state index in [2.05, 4.69) is 20.9 Å². The number of anilines is 3. The average Bonchev–Trinajstić information content (AvgIpc) is 2.85. The van der Waals surface area contributed by atoms with Crippen molar-refractivity contribution < 1.29 is 27.9 Å². The summed E-state index contributed by atoms with van der Waals surface area (Å²) >= 11 is 0. The Morgan fingerprint density at radius 2 is 1.51 bits per heavy atom. The van der Waals surface area contributed by atoms with E-state index in [1.165, 1.54) is 6.07 Å². The predicted octanol–water partition coefficient (Wildman–Crippen LogP) is 1.82. The van der Waals surface area contributed by atoms with Gasteiger partial charge in [0.05, 0.1) is 32.8 Å². The number of nitrogens with zero attached hydrogens (tertiary/aromatic N) is 2. The maximum absolute atomic E-state index is 13.2. The van der Waals surface area contributed by atoms with Crippen LogP contribution >= 0.6 is 0 Å². The number of hydrogen-bond donors (Lipinski definition) is 3. The van der Waals surface area contributed by atoms with Gasteiger partial charge in [0.1, 0.15) is 0 Å². The fourth-order valence-corrected chi connectivity index (χ4v) is 3.48. The molecule has 11 heteroatoms. The third-order valence-electron chi connectivity index (χ3n) is 5.36. The van der Waals surface area contributed by atoms with Gasteiger partial charge in [0, 0.05) is 36.2 Å². The number of carbonyl (C=O) groups is 3. The van der Waals surface area contributed by atoms with Crippen LogP contribution in [0.5, 0.6) is 0 Å². The monoisotopic (exact) mass is 489 g/mol. The first-order valence-corrected chi connectivity index (χ1v) is 11.3. The van der Waals surface area contributed by atoms with Gasteiger partial charge in [-0.3, -0.25) is 19.3 Å². The van der Waals surface area contributed by atoms with Crippen molar-refractivity contribution in [1.82, 2.24) is 10.2 Å². The largest absolute Gasteiger partial charge is 0.378 e. The van der Waals surface area contributed by atoms with Crippen molar-refractivity contribution in [2.45, 2.75) is 6.92 Å². The Morgan fingerprint density at radius 1 is 0.886 bits per heavy atom. The molecule has 0 aliphatic carbocycles. The molecule has 0 unspecified atom stereocenters. The third kappa shape index (κ3) is 8.30. The molecule has 2 aromatic carbocycles. The summed E-state index contributed by atoms with van der Waals surface area (Å²) in [6.07, 6.45) is 0. The molecule has 3 rings (SSSR count). The van der Waals surface area contributed by atoms with Crippen LogP contribution in [0, 0.1) is 11.6 Å². The molecule has 0 spiro atoms. The van der Waals surface area contributed by atoms with Gasteiger partial charge < -0.3 is 25.6 Å². The fourth-order valence-electron chi connectivity index (χ4n) is 3.48. The van der Waals surface area contributed by atoms with Crippen LogP contribution < -0.4 is 20.9 Å². The van der Waals surface area contributed by atoms with E-state index < -0.39 is 23.4 Å². The van der Waals surface area contributed by atoms with Crippen molar-refractivity contribution in [3.8, 4) is 0 Å².